The number of fused-ring (bicyclic) bond motifs is 8. The highest BCUT2D eigenvalue weighted by atomic mass is 32.2. The first-order valence-electron chi connectivity index (χ1n) is 14.1. The van der Waals surface area contributed by atoms with Gasteiger partial charge >= 0.3 is 0 Å². The average Bonchev–Trinajstić information content (AvgIpc) is 3.57. The number of rotatable bonds is 6. The number of ether oxygens (including phenoxy) is 1. The fraction of sp³-hybridized carbons (Fsp3) is 0.469. The third kappa shape index (κ3) is 5.76. The standard InChI is InChI=1S/C32H39N3O4S/c1-21-5-4-15-31(2)28(14-16-32(31,38)19-40-30-33-20-34-35-30)26-13-7-22(17-24(36)10-6-21)18-27(26)29(37)23-8-11-25(39-3)12-9-23/h5,7-9,11-13,18,20,24,28,36,38H,4,6,10,14-17,19H2,1-3H3,(H,33,34,35)/t24-,28-,31-,32+/m0/s1. The van der Waals surface area contributed by atoms with E-state index in [2.05, 4.69) is 47.2 Å². The summed E-state index contributed by atoms with van der Waals surface area (Å²) in [7, 11) is 1.61. The third-order valence-corrected chi connectivity index (χ3v) is 10.2. The first kappa shape index (κ1) is 28.6. The van der Waals surface area contributed by atoms with Crippen LogP contribution in [0.5, 0.6) is 5.75 Å². The number of nitrogens with zero attached hydrogens (tertiary/aromatic N) is 2. The van der Waals surface area contributed by atoms with Crippen molar-refractivity contribution in [3.8, 4) is 5.75 Å². The van der Waals surface area contributed by atoms with Gasteiger partial charge in [-0.3, -0.25) is 9.89 Å². The second-order valence-corrected chi connectivity index (χ2v) is 12.5. The molecule has 3 aliphatic carbocycles. The smallest absolute Gasteiger partial charge is 0.193 e. The molecule has 2 aromatic carbocycles. The second kappa shape index (κ2) is 11.9. The van der Waals surface area contributed by atoms with Crippen molar-refractivity contribution in [2.45, 2.75) is 81.6 Å². The molecule has 4 atom stereocenters. The summed E-state index contributed by atoms with van der Waals surface area (Å²) in [5.74, 6) is 1.12. The summed E-state index contributed by atoms with van der Waals surface area (Å²) in [5, 5.41) is 30.6. The van der Waals surface area contributed by atoms with Crippen LogP contribution in [0.3, 0.4) is 0 Å². The Balaban J connectivity index is 1.58. The Morgan fingerprint density at radius 2 is 1.98 bits per heavy atom. The van der Waals surface area contributed by atoms with E-state index in [1.807, 2.05) is 6.07 Å². The number of H-pyrrole nitrogens is 1. The molecule has 212 valence electrons. The zero-order valence-electron chi connectivity index (χ0n) is 23.5. The minimum Gasteiger partial charge on any atom is -0.497 e. The number of methoxy groups -OCH3 is 1. The predicted molar refractivity (Wildman–Crippen MR) is 157 cm³/mol. The largest absolute Gasteiger partial charge is 0.497 e. The Bertz CT molecular complexity index is 1360. The molecule has 1 fully saturated rings. The summed E-state index contributed by atoms with van der Waals surface area (Å²) in [6.45, 7) is 4.32. The van der Waals surface area contributed by atoms with Crippen molar-refractivity contribution >= 4 is 17.5 Å². The number of carbonyl (C=O) groups excluding carboxylic acids is 1. The van der Waals surface area contributed by atoms with Gasteiger partial charge in [0.25, 0.3) is 0 Å². The zero-order chi connectivity index (χ0) is 28.3. The maximum Gasteiger partial charge on any atom is 0.193 e. The van der Waals surface area contributed by atoms with Crippen molar-refractivity contribution < 1.29 is 19.7 Å². The van der Waals surface area contributed by atoms with E-state index in [1.54, 1.807) is 31.4 Å². The minimum atomic E-state index is -0.955. The van der Waals surface area contributed by atoms with E-state index in [-0.39, 0.29) is 11.7 Å². The third-order valence-electron chi connectivity index (χ3n) is 9.11. The van der Waals surface area contributed by atoms with Gasteiger partial charge in [-0.05, 0) is 99.2 Å². The van der Waals surface area contributed by atoms with Crippen molar-refractivity contribution in [3.63, 3.8) is 0 Å². The van der Waals surface area contributed by atoms with Crippen molar-refractivity contribution in [1.29, 1.82) is 0 Å². The van der Waals surface area contributed by atoms with E-state index in [4.69, 9.17) is 4.74 Å². The predicted octanol–water partition coefficient (Wildman–Crippen LogP) is 5.88. The van der Waals surface area contributed by atoms with Crippen LogP contribution in [0.15, 0.2) is 65.6 Å². The van der Waals surface area contributed by atoms with Crippen molar-refractivity contribution in [3.05, 3.63) is 82.7 Å². The van der Waals surface area contributed by atoms with E-state index in [1.165, 1.54) is 23.7 Å². The van der Waals surface area contributed by atoms with Crippen molar-refractivity contribution in [2.24, 2.45) is 5.41 Å². The molecule has 1 aromatic heterocycles. The van der Waals surface area contributed by atoms with E-state index in [9.17, 15) is 15.0 Å². The number of ketones is 1. The first-order valence-corrected chi connectivity index (χ1v) is 15.1. The van der Waals surface area contributed by atoms with Crippen LogP contribution in [0.2, 0.25) is 0 Å². The van der Waals surface area contributed by atoms with Crippen LogP contribution in [-0.2, 0) is 6.42 Å². The summed E-state index contributed by atoms with van der Waals surface area (Å²) in [4.78, 5) is 18.3. The van der Waals surface area contributed by atoms with Crippen LogP contribution >= 0.6 is 11.8 Å². The zero-order valence-corrected chi connectivity index (χ0v) is 24.3. The van der Waals surface area contributed by atoms with Crippen LogP contribution in [0.1, 0.15) is 85.3 Å². The van der Waals surface area contributed by atoms with Gasteiger partial charge in [-0.2, -0.15) is 5.10 Å². The van der Waals surface area contributed by atoms with Gasteiger partial charge in [0.2, 0.25) is 0 Å². The molecular formula is C32H39N3O4S. The Morgan fingerprint density at radius 1 is 1.18 bits per heavy atom. The lowest BCUT2D eigenvalue weighted by atomic mass is 9.65. The van der Waals surface area contributed by atoms with E-state index in [0.29, 0.717) is 47.0 Å². The number of aromatic nitrogens is 3. The van der Waals surface area contributed by atoms with Gasteiger partial charge in [0.1, 0.15) is 12.1 Å². The molecule has 0 aliphatic heterocycles. The lowest BCUT2D eigenvalue weighted by Crippen LogP contribution is -2.46. The van der Waals surface area contributed by atoms with Crippen LogP contribution in [0.4, 0.5) is 0 Å². The summed E-state index contributed by atoms with van der Waals surface area (Å²) in [6.07, 6.45) is 8.27. The molecular weight excluding hydrogens is 522 g/mol. The normalized spacial score (nSPS) is 27.1. The molecule has 0 radical (unpaired) electrons. The number of carbonyl (C=O) groups is 1. The average molecular weight is 562 g/mol. The molecule has 0 unspecified atom stereocenters. The Labute approximate surface area is 240 Å². The number of aromatic amines is 1. The minimum absolute atomic E-state index is 0.0133. The Hall–Kier alpha value is -2.94. The number of hydrogen-bond donors (Lipinski definition) is 3. The number of nitrogens with one attached hydrogen (secondary N) is 1. The topological polar surface area (TPSA) is 108 Å². The lowest BCUT2D eigenvalue weighted by Gasteiger charge is -2.44. The molecule has 40 heavy (non-hydrogen) atoms. The molecule has 0 spiro atoms. The van der Waals surface area contributed by atoms with E-state index < -0.39 is 17.1 Å². The number of thioether (sulfide) groups is 1. The van der Waals surface area contributed by atoms with Crippen LogP contribution in [0, 0.1) is 5.41 Å². The highest BCUT2D eigenvalue weighted by Gasteiger charge is 2.56. The highest BCUT2D eigenvalue weighted by Crippen LogP contribution is 2.59. The summed E-state index contributed by atoms with van der Waals surface area (Å²) >= 11 is 1.49. The van der Waals surface area contributed by atoms with Gasteiger partial charge in [-0.1, -0.05) is 42.5 Å². The number of hydrogen-bond acceptors (Lipinski definition) is 7. The molecule has 3 aromatic rings. The van der Waals surface area contributed by atoms with Gasteiger partial charge in [-0.25, -0.2) is 4.98 Å². The van der Waals surface area contributed by atoms with Gasteiger partial charge in [0.15, 0.2) is 10.9 Å². The monoisotopic (exact) mass is 561 g/mol. The van der Waals surface area contributed by atoms with Crippen molar-refractivity contribution in [1.82, 2.24) is 15.2 Å². The molecule has 1 heterocycles. The van der Waals surface area contributed by atoms with Gasteiger partial charge in [0.05, 0.1) is 18.8 Å². The molecule has 6 rings (SSSR count). The molecule has 0 amide bonds. The number of aliphatic hydroxyl groups excluding tert-OH is 1. The molecule has 8 heteroatoms. The summed E-state index contributed by atoms with van der Waals surface area (Å²) in [5.41, 5.74) is 3.00. The maximum absolute atomic E-state index is 14.1. The van der Waals surface area contributed by atoms with Crippen molar-refractivity contribution in [2.75, 3.05) is 12.9 Å². The SMILES string of the molecule is COc1ccc(C(=O)c2cc3ccc2[C@@H]2CC[C@@](O)(CSc4ncn[nH]4)[C@@]2(C)CCC=C(C)CC[C@H](O)C3)cc1. The van der Waals surface area contributed by atoms with Gasteiger partial charge < -0.3 is 14.9 Å². The van der Waals surface area contributed by atoms with Crippen LogP contribution in [0.25, 0.3) is 0 Å². The maximum atomic E-state index is 14.1. The quantitative estimate of drug-likeness (QED) is 0.196. The molecule has 3 N–H and O–H groups in total. The lowest BCUT2D eigenvalue weighted by molar-refractivity contribution is -0.0422. The second-order valence-electron chi connectivity index (χ2n) is 11.6. The van der Waals surface area contributed by atoms with E-state index >= 15 is 0 Å². The van der Waals surface area contributed by atoms with Gasteiger partial charge in [0, 0.05) is 22.3 Å². The molecule has 7 nitrogen and oxygen atoms in total. The highest BCUT2D eigenvalue weighted by molar-refractivity contribution is 7.99. The van der Waals surface area contributed by atoms with Crippen LogP contribution < -0.4 is 4.74 Å². The molecule has 2 bridgehead atoms. The van der Waals surface area contributed by atoms with Gasteiger partial charge in [-0.15, -0.1) is 0 Å². The fourth-order valence-corrected chi connectivity index (χ4v) is 7.61. The summed E-state index contributed by atoms with van der Waals surface area (Å²) in [6, 6.07) is 13.3. The number of aliphatic hydroxyl groups is 2. The fourth-order valence-electron chi connectivity index (χ4n) is 6.52. The van der Waals surface area contributed by atoms with Crippen LogP contribution in [-0.4, -0.2) is 55.7 Å². The van der Waals surface area contributed by atoms with E-state index in [0.717, 1.165) is 36.8 Å². The molecule has 3 aliphatic rings. The number of allylic oxidation sites excluding steroid dienone is 2. The Morgan fingerprint density at radius 3 is 2.70 bits per heavy atom. The first-order chi connectivity index (χ1) is 19.2. The Kier molecular flexibility index (Phi) is 8.50. The molecule has 1 saturated carbocycles. The molecule has 0 saturated heterocycles. The summed E-state index contributed by atoms with van der Waals surface area (Å²) < 4.78 is 5.30. The number of benzene rings is 2.